The molecule has 0 radical (unpaired) electrons. The number of hydrogen-bond donors (Lipinski definition) is 1. The van der Waals surface area contributed by atoms with E-state index in [1.807, 2.05) is 4.98 Å². The molecule has 4 atom stereocenters. The Bertz CT molecular complexity index is 665. The fourth-order valence-corrected chi connectivity index (χ4v) is 2.38. The highest BCUT2D eigenvalue weighted by Crippen LogP contribution is 2.45. The number of nitrogens with one attached hydrogen (secondary N) is 1. The average Bonchev–Trinajstić information content (AvgIpc) is 2.65. The lowest BCUT2D eigenvalue weighted by atomic mass is 9.94. The Morgan fingerprint density at radius 1 is 1.65 bits per heavy atom. The number of azide groups is 1. The monoisotopic (exact) mass is 283 g/mol. The molecular weight excluding hydrogens is 269 g/mol. The molecular formula is C11H14FN5O3. The molecule has 108 valence electrons. The molecule has 0 spiro atoms. The van der Waals surface area contributed by atoms with E-state index in [1.54, 1.807) is 13.8 Å². The Labute approximate surface area is 112 Å². The highest BCUT2D eigenvalue weighted by Gasteiger charge is 2.53. The third kappa shape index (κ3) is 2.10. The highest BCUT2D eigenvalue weighted by molar-refractivity contribution is 4.98. The van der Waals surface area contributed by atoms with Crippen LogP contribution >= 0.6 is 0 Å². The van der Waals surface area contributed by atoms with Crippen molar-refractivity contribution in [1.29, 1.82) is 0 Å². The normalized spacial score (nSPS) is 32.9. The maximum atomic E-state index is 14.4. The number of ether oxygens (including phenoxy) is 1. The number of aromatic amines is 1. The number of aromatic nitrogens is 2. The van der Waals surface area contributed by atoms with Gasteiger partial charge in [0.05, 0.1) is 0 Å². The maximum absolute atomic E-state index is 14.4. The zero-order valence-electron chi connectivity index (χ0n) is 11.0. The highest BCUT2D eigenvalue weighted by atomic mass is 19.1. The predicted molar refractivity (Wildman–Crippen MR) is 67.7 cm³/mol. The van der Waals surface area contributed by atoms with Crippen molar-refractivity contribution in [2.45, 2.75) is 38.4 Å². The van der Waals surface area contributed by atoms with Crippen LogP contribution < -0.4 is 11.2 Å². The van der Waals surface area contributed by atoms with Crippen LogP contribution in [0.5, 0.6) is 0 Å². The van der Waals surface area contributed by atoms with E-state index < -0.39 is 35.3 Å². The van der Waals surface area contributed by atoms with Crippen molar-refractivity contribution < 1.29 is 9.13 Å². The summed E-state index contributed by atoms with van der Waals surface area (Å²) in [4.78, 5) is 27.4. The standard InChI is InChI=1S/C11H14FN5O3/c1-3-11(15-16-13)6(2)8(12)9(20-11)17-5-4-7(18)14-10(17)19/h4-6,8-9H,3H2,1-2H3,(H,14,18,19)/t6-,8-,9+,11+/m0/s1. The van der Waals surface area contributed by atoms with Gasteiger partial charge in [0.1, 0.15) is 0 Å². The number of nitrogens with zero attached hydrogens (tertiary/aromatic N) is 4. The van der Waals surface area contributed by atoms with Crippen LogP contribution in [0.4, 0.5) is 4.39 Å². The maximum Gasteiger partial charge on any atom is 0.330 e. The van der Waals surface area contributed by atoms with Crippen LogP contribution in [0, 0.1) is 5.92 Å². The summed E-state index contributed by atoms with van der Waals surface area (Å²) in [6.45, 7) is 3.26. The van der Waals surface area contributed by atoms with E-state index in [1.165, 1.54) is 0 Å². The first-order chi connectivity index (χ1) is 9.45. The summed E-state index contributed by atoms with van der Waals surface area (Å²) in [5.41, 5.74) is 5.92. The summed E-state index contributed by atoms with van der Waals surface area (Å²) in [7, 11) is 0. The van der Waals surface area contributed by atoms with Gasteiger partial charge in [0, 0.05) is 23.1 Å². The molecule has 1 N–H and O–H groups in total. The lowest BCUT2D eigenvalue weighted by molar-refractivity contribution is -0.0878. The Morgan fingerprint density at radius 3 is 2.90 bits per heavy atom. The fourth-order valence-electron chi connectivity index (χ4n) is 2.38. The molecule has 0 aromatic carbocycles. The van der Waals surface area contributed by atoms with Gasteiger partial charge in [-0.05, 0) is 12.0 Å². The Kier molecular flexibility index (Phi) is 3.65. The minimum absolute atomic E-state index is 0.271. The Balaban J connectivity index is 2.47. The number of hydrogen-bond acceptors (Lipinski definition) is 4. The summed E-state index contributed by atoms with van der Waals surface area (Å²) >= 11 is 0. The molecule has 1 aliphatic rings. The van der Waals surface area contributed by atoms with Crippen LogP contribution in [0.3, 0.4) is 0 Å². The smallest absolute Gasteiger partial charge is 0.330 e. The summed E-state index contributed by atoms with van der Waals surface area (Å²) < 4.78 is 20.9. The van der Waals surface area contributed by atoms with E-state index in [2.05, 4.69) is 10.0 Å². The third-order valence-electron chi connectivity index (χ3n) is 3.63. The largest absolute Gasteiger partial charge is 0.342 e. The first-order valence-corrected chi connectivity index (χ1v) is 6.15. The number of alkyl halides is 1. The summed E-state index contributed by atoms with van der Waals surface area (Å²) in [5, 5.41) is 3.56. The Morgan fingerprint density at radius 2 is 2.35 bits per heavy atom. The third-order valence-corrected chi connectivity index (χ3v) is 3.63. The first kappa shape index (κ1) is 14.3. The van der Waals surface area contributed by atoms with Crippen LogP contribution in [-0.4, -0.2) is 21.4 Å². The molecule has 1 aliphatic heterocycles. The van der Waals surface area contributed by atoms with E-state index in [4.69, 9.17) is 10.3 Å². The molecule has 2 rings (SSSR count). The van der Waals surface area contributed by atoms with Crippen molar-refractivity contribution in [2.75, 3.05) is 0 Å². The van der Waals surface area contributed by atoms with Crippen LogP contribution in [0.1, 0.15) is 26.5 Å². The van der Waals surface area contributed by atoms with E-state index in [-0.39, 0.29) is 6.42 Å². The molecule has 0 aliphatic carbocycles. The topological polar surface area (TPSA) is 113 Å². The summed E-state index contributed by atoms with van der Waals surface area (Å²) in [6, 6.07) is 1.10. The van der Waals surface area contributed by atoms with E-state index in [0.29, 0.717) is 0 Å². The van der Waals surface area contributed by atoms with Crippen LogP contribution in [0.2, 0.25) is 0 Å². The van der Waals surface area contributed by atoms with Gasteiger partial charge in [0.2, 0.25) is 0 Å². The van der Waals surface area contributed by atoms with Crippen molar-refractivity contribution in [3.05, 3.63) is 43.5 Å². The average molecular weight is 283 g/mol. The van der Waals surface area contributed by atoms with Crippen LogP contribution in [0.25, 0.3) is 10.4 Å². The predicted octanol–water partition coefficient (Wildman–Crippen LogP) is 1.46. The number of rotatable bonds is 3. The van der Waals surface area contributed by atoms with Gasteiger partial charge in [-0.25, -0.2) is 9.18 Å². The van der Waals surface area contributed by atoms with Gasteiger partial charge in [-0.1, -0.05) is 19.0 Å². The molecule has 1 saturated heterocycles. The lowest BCUT2D eigenvalue weighted by Gasteiger charge is -2.25. The molecule has 1 aromatic heterocycles. The van der Waals surface area contributed by atoms with Gasteiger partial charge in [0.15, 0.2) is 18.1 Å². The second-order valence-electron chi connectivity index (χ2n) is 4.65. The zero-order valence-corrected chi connectivity index (χ0v) is 11.0. The van der Waals surface area contributed by atoms with Crippen molar-refractivity contribution in [3.63, 3.8) is 0 Å². The van der Waals surface area contributed by atoms with Gasteiger partial charge in [-0.15, -0.1) is 0 Å². The molecule has 1 fully saturated rings. The van der Waals surface area contributed by atoms with Crippen molar-refractivity contribution in [3.8, 4) is 0 Å². The summed E-state index contributed by atoms with van der Waals surface area (Å²) in [6.07, 6.45) is -1.34. The second kappa shape index (κ2) is 5.10. The SMILES string of the molecule is CC[C@@]1(N=[N+]=[N-])O[C@@H](n2ccc(=O)[nH]c2=O)[C@@H](F)[C@@H]1C. The summed E-state index contributed by atoms with van der Waals surface area (Å²) in [5.74, 6) is -0.716. The second-order valence-corrected chi connectivity index (χ2v) is 4.65. The van der Waals surface area contributed by atoms with Crippen LogP contribution in [-0.2, 0) is 4.74 Å². The molecule has 0 bridgehead atoms. The molecule has 9 heteroatoms. The van der Waals surface area contributed by atoms with E-state index >= 15 is 0 Å². The minimum Gasteiger partial charge on any atom is -0.342 e. The lowest BCUT2D eigenvalue weighted by Crippen LogP contribution is -2.34. The minimum atomic E-state index is -1.54. The first-order valence-electron chi connectivity index (χ1n) is 6.15. The fraction of sp³-hybridized carbons (Fsp3) is 0.636. The number of halogens is 1. The van der Waals surface area contributed by atoms with Gasteiger partial charge in [-0.2, -0.15) is 0 Å². The van der Waals surface area contributed by atoms with E-state index in [0.717, 1.165) is 16.8 Å². The quantitative estimate of drug-likeness (QED) is 0.514. The van der Waals surface area contributed by atoms with Gasteiger partial charge >= 0.3 is 5.69 Å². The van der Waals surface area contributed by atoms with Gasteiger partial charge in [0.25, 0.3) is 5.56 Å². The molecule has 20 heavy (non-hydrogen) atoms. The van der Waals surface area contributed by atoms with Crippen LogP contribution in [0.15, 0.2) is 27.0 Å². The van der Waals surface area contributed by atoms with Crippen molar-refractivity contribution >= 4 is 0 Å². The molecule has 0 saturated carbocycles. The van der Waals surface area contributed by atoms with Gasteiger partial charge < -0.3 is 4.74 Å². The number of H-pyrrole nitrogens is 1. The molecule has 0 amide bonds. The van der Waals surface area contributed by atoms with Crippen molar-refractivity contribution in [1.82, 2.24) is 9.55 Å². The molecule has 0 unspecified atom stereocenters. The molecule has 2 heterocycles. The van der Waals surface area contributed by atoms with Crippen molar-refractivity contribution in [2.24, 2.45) is 11.0 Å². The molecule has 8 nitrogen and oxygen atoms in total. The Hall–Kier alpha value is -2.12. The zero-order chi connectivity index (χ0) is 14.9. The molecule has 1 aromatic rings. The van der Waals surface area contributed by atoms with E-state index in [9.17, 15) is 14.0 Å². The van der Waals surface area contributed by atoms with Gasteiger partial charge in [-0.3, -0.25) is 14.3 Å².